The number of nitrogens with two attached hydrogens (primary N) is 1. The minimum Gasteiger partial charge on any atom is -0.399 e. The van der Waals surface area contributed by atoms with Gasteiger partial charge in [-0.15, -0.1) is 0 Å². The summed E-state index contributed by atoms with van der Waals surface area (Å²) in [5.41, 5.74) is 6.90. The van der Waals surface area contributed by atoms with Crippen molar-refractivity contribution in [2.24, 2.45) is 5.92 Å². The lowest BCUT2D eigenvalue weighted by molar-refractivity contribution is -0.187. The Morgan fingerprint density at radius 3 is 2.55 bits per heavy atom. The molecule has 1 heterocycles. The number of amides is 1. The lowest BCUT2D eigenvalue weighted by Crippen LogP contribution is -2.45. The molecule has 1 aliphatic heterocycles. The minimum atomic E-state index is -4.22. The molecule has 0 spiro atoms. The second-order valence-corrected chi connectivity index (χ2v) is 5.14. The molecule has 1 aromatic rings. The third-order valence-corrected chi connectivity index (χ3v) is 3.57. The van der Waals surface area contributed by atoms with Crippen LogP contribution >= 0.6 is 0 Å². The van der Waals surface area contributed by atoms with E-state index in [9.17, 15) is 18.0 Å². The van der Waals surface area contributed by atoms with Gasteiger partial charge in [-0.25, -0.2) is 0 Å². The van der Waals surface area contributed by atoms with Crippen molar-refractivity contribution in [3.63, 3.8) is 0 Å². The number of rotatable bonds is 2. The molecule has 2 rings (SSSR count). The smallest absolute Gasteiger partial charge is 0.393 e. The maximum absolute atomic E-state index is 12.7. The summed E-state index contributed by atoms with van der Waals surface area (Å²) < 4.78 is 38.1. The molecule has 2 N–H and O–H groups in total. The number of nitrogen functional groups attached to an aromatic ring is 1. The van der Waals surface area contributed by atoms with Crippen molar-refractivity contribution in [2.45, 2.75) is 25.4 Å². The predicted octanol–water partition coefficient (Wildman–Crippen LogP) is 2.61. The molecule has 20 heavy (non-hydrogen) atoms. The first-order valence-electron chi connectivity index (χ1n) is 6.55. The number of anilines is 1. The van der Waals surface area contributed by atoms with E-state index in [4.69, 9.17) is 5.73 Å². The van der Waals surface area contributed by atoms with Gasteiger partial charge in [0.1, 0.15) is 0 Å². The van der Waals surface area contributed by atoms with Gasteiger partial charge in [0.25, 0.3) is 0 Å². The van der Waals surface area contributed by atoms with E-state index in [2.05, 4.69) is 0 Å². The molecule has 1 amide bonds. The number of hydrogen-bond donors (Lipinski definition) is 1. The molecule has 0 aromatic heterocycles. The molecule has 1 atom stereocenters. The van der Waals surface area contributed by atoms with Crippen LogP contribution in [0.3, 0.4) is 0 Å². The molecule has 110 valence electrons. The van der Waals surface area contributed by atoms with Gasteiger partial charge in [-0.2, -0.15) is 13.2 Å². The summed E-state index contributed by atoms with van der Waals surface area (Å²) in [5.74, 6) is -1.66. The summed E-state index contributed by atoms with van der Waals surface area (Å²) in [7, 11) is 0. The average Bonchev–Trinajstić information content (AvgIpc) is 2.40. The molecule has 1 fully saturated rings. The number of carbonyl (C=O) groups excluding carboxylic acids is 1. The second kappa shape index (κ2) is 5.73. The zero-order valence-corrected chi connectivity index (χ0v) is 11.0. The molecule has 0 aliphatic carbocycles. The van der Waals surface area contributed by atoms with Gasteiger partial charge >= 0.3 is 6.18 Å². The van der Waals surface area contributed by atoms with Crippen LogP contribution in [0.5, 0.6) is 0 Å². The highest BCUT2D eigenvalue weighted by molar-refractivity contribution is 5.79. The Balaban J connectivity index is 1.97. The normalized spacial score (nSPS) is 19.9. The van der Waals surface area contributed by atoms with Crippen LogP contribution in [0, 0.1) is 5.92 Å². The van der Waals surface area contributed by atoms with E-state index >= 15 is 0 Å². The fourth-order valence-corrected chi connectivity index (χ4v) is 2.39. The van der Waals surface area contributed by atoms with Crippen LogP contribution in [0.25, 0.3) is 0 Å². The minimum absolute atomic E-state index is 0.106. The van der Waals surface area contributed by atoms with Gasteiger partial charge in [0.15, 0.2) is 0 Å². The summed E-state index contributed by atoms with van der Waals surface area (Å²) in [5, 5.41) is 0. The van der Waals surface area contributed by atoms with Crippen molar-refractivity contribution in [3.8, 4) is 0 Å². The van der Waals surface area contributed by atoms with Gasteiger partial charge in [0, 0.05) is 18.8 Å². The van der Waals surface area contributed by atoms with Crippen LogP contribution in [0.1, 0.15) is 18.4 Å². The molecule has 1 unspecified atom stereocenters. The van der Waals surface area contributed by atoms with Crippen LogP contribution in [0.4, 0.5) is 18.9 Å². The first-order valence-corrected chi connectivity index (χ1v) is 6.55. The first kappa shape index (κ1) is 14.7. The number of benzene rings is 1. The van der Waals surface area contributed by atoms with Crippen LogP contribution in [-0.2, 0) is 11.2 Å². The highest BCUT2D eigenvalue weighted by atomic mass is 19.4. The van der Waals surface area contributed by atoms with E-state index in [1.165, 1.54) is 4.90 Å². The van der Waals surface area contributed by atoms with E-state index in [0.29, 0.717) is 18.7 Å². The maximum Gasteiger partial charge on any atom is 0.393 e. The van der Waals surface area contributed by atoms with Crippen molar-refractivity contribution in [1.29, 1.82) is 0 Å². The Labute approximate surface area is 115 Å². The van der Waals surface area contributed by atoms with Gasteiger partial charge in [0.05, 0.1) is 12.3 Å². The van der Waals surface area contributed by atoms with Gasteiger partial charge < -0.3 is 10.6 Å². The van der Waals surface area contributed by atoms with Crippen LogP contribution < -0.4 is 5.73 Å². The molecule has 1 saturated heterocycles. The number of halogens is 3. The van der Waals surface area contributed by atoms with E-state index in [1.54, 1.807) is 24.3 Å². The van der Waals surface area contributed by atoms with Crippen LogP contribution in [0.15, 0.2) is 24.3 Å². The van der Waals surface area contributed by atoms with E-state index in [0.717, 1.165) is 5.56 Å². The SMILES string of the molecule is Nc1ccc(CC(=O)N2CCCC(C(F)(F)F)C2)cc1. The van der Waals surface area contributed by atoms with Crippen molar-refractivity contribution >= 4 is 11.6 Å². The van der Waals surface area contributed by atoms with Gasteiger partial charge in [-0.05, 0) is 30.5 Å². The molecule has 1 aromatic carbocycles. The molecular formula is C14H17F3N2O. The molecule has 0 radical (unpaired) electrons. The Kier molecular flexibility index (Phi) is 4.20. The molecule has 3 nitrogen and oxygen atoms in total. The third kappa shape index (κ3) is 3.65. The third-order valence-electron chi connectivity index (χ3n) is 3.57. The summed E-state index contributed by atoms with van der Waals surface area (Å²) in [6, 6.07) is 6.80. The van der Waals surface area contributed by atoms with Gasteiger partial charge in [-0.3, -0.25) is 4.79 Å². The van der Waals surface area contributed by atoms with Crippen molar-refractivity contribution in [2.75, 3.05) is 18.8 Å². The fraction of sp³-hybridized carbons (Fsp3) is 0.500. The molecule has 1 aliphatic rings. The van der Waals surface area contributed by atoms with Crippen molar-refractivity contribution < 1.29 is 18.0 Å². The van der Waals surface area contributed by atoms with E-state index in [-0.39, 0.29) is 25.3 Å². The summed E-state index contributed by atoms with van der Waals surface area (Å²) in [4.78, 5) is 13.4. The largest absolute Gasteiger partial charge is 0.399 e. The zero-order valence-electron chi connectivity index (χ0n) is 11.0. The Morgan fingerprint density at radius 2 is 1.95 bits per heavy atom. The molecule has 0 bridgehead atoms. The number of piperidine rings is 1. The lowest BCUT2D eigenvalue weighted by Gasteiger charge is -2.33. The van der Waals surface area contributed by atoms with Crippen molar-refractivity contribution in [3.05, 3.63) is 29.8 Å². The number of nitrogens with zero attached hydrogens (tertiary/aromatic N) is 1. The summed E-state index contributed by atoms with van der Waals surface area (Å²) in [6.45, 7) is 0.178. The van der Waals surface area contributed by atoms with E-state index in [1.807, 2.05) is 0 Å². The van der Waals surface area contributed by atoms with Gasteiger partial charge in [-0.1, -0.05) is 12.1 Å². The van der Waals surface area contributed by atoms with Crippen LogP contribution in [0.2, 0.25) is 0 Å². The summed E-state index contributed by atoms with van der Waals surface area (Å²) in [6.07, 6.45) is -3.60. The Morgan fingerprint density at radius 1 is 1.30 bits per heavy atom. The lowest BCUT2D eigenvalue weighted by atomic mass is 9.97. The number of hydrogen-bond acceptors (Lipinski definition) is 2. The molecule has 6 heteroatoms. The number of carbonyl (C=O) groups is 1. The zero-order chi connectivity index (χ0) is 14.8. The topological polar surface area (TPSA) is 46.3 Å². The highest BCUT2D eigenvalue weighted by Gasteiger charge is 2.42. The van der Waals surface area contributed by atoms with E-state index < -0.39 is 12.1 Å². The second-order valence-electron chi connectivity index (χ2n) is 5.14. The van der Waals surface area contributed by atoms with Gasteiger partial charge in [0.2, 0.25) is 5.91 Å². The quantitative estimate of drug-likeness (QED) is 0.849. The molecule has 0 saturated carbocycles. The molecular weight excluding hydrogens is 269 g/mol. The summed E-state index contributed by atoms with van der Waals surface area (Å²) >= 11 is 0. The fourth-order valence-electron chi connectivity index (χ4n) is 2.39. The number of alkyl halides is 3. The monoisotopic (exact) mass is 286 g/mol. The van der Waals surface area contributed by atoms with Crippen LogP contribution in [-0.4, -0.2) is 30.1 Å². The standard InChI is InChI=1S/C14H17F3N2O/c15-14(16,17)11-2-1-7-19(9-11)13(20)8-10-3-5-12(18)6-4-10/h3-6,11H,1-2,7-9,18H2. The first-order chi connectivity index (χ1) is 9.36. The average molecular weight is 286 g/mol. The predicted molar refractivity (Wildman–Crippen MR) is 69.9 cm³/mol. The maximum atomic E-state index is 12.7. The number of likely N-dealkylation sites (tertiary alicyclic amines) is 1. The highest BCUT2D eigenvalue weighted by Crippen LogP contribution is 2.33. The Bertz CT molecular complexity index is 470. The van der Waals surface area contributed by atoms with Crippen molar-refractivity contribution in [1.82, 2.24) is 4.90 Å². The Hall–Kier alpha value is -1.72.